The molecular formula is C14H12BrCl2N3S. The predicted molar refractivity (Wildman–Crippen MR) is 94.0 cm³/mol. The number of rotatable bonds is 3. The zero-order valence-corrected chi connectivity index (χ0v) is 15.3. The van der Waals surface area contributed by atoms with Gasteiger partial charge in [-0.15, -0.1) is 11.3 Å². The first-order chi connectivity index (χ1) is 9.95. The van der Waals surface area contributed by atoms with Crippen LogP contribution in [0.5, 0.6) is 0 Å². The maximum absolute atomic E-state index is 6.24. The van der Waals surface area contributed by atoms with Crippen molar-refractivity contribution in [1.29, 1.82) is 0 Å². The van der Waals surface area contributed by atoms with Crippen LogP contribution in [-0.2, 0) is 6.54 Å². The van der Waals surface area contributed by atoms with Crippen LogP contribution >= 0.6 is 50.5 Å². The summed E-state index contributed by atoms with van der Waals surface area (Å²) in [7, 11) is 0. The van der Waals surface area contributed by atoms with Gasteiger partial charge >= 0.3 is 0 Å². The Balaban J connectivity index is 1.92. The summed E-state index contributed by atoms with van der Waals surface area (Å²) in [4.78, 5) is 6.82. The Morgan fingerprint density at radius 3 is 2.62 bits per heavy atom. The second-order valence-electron chi connectivity index (χ2n) is 4.74. The molecule has 2 heterocycles. The minimum Gasteiger partial charge on any atom is -0.377 e. The maximum Gasteiger partial charge on any atom is 0.194 e. The third kappa shape index (κ3) is 2.93. The Morgan fingerprint density at radius 2 is 1.95 bits per heavy atom. The first-order valence-corrected chi connectivity index (χ1v) is 8.64. The van der Waals surface area contributed by atoms with Gasteiger partial charge in [0.1, 0.15) is 0 Å². The first kappa shape index (κ1) is 15.2. The van der Waals surface area contributed by atoms with Gasteiger partial charge in [-0.1, -0.05) is 39.1 Å². The molecule has 7 heteroatoms. The van der Waals surface area contributed by atoms with Crippen LogP contribution in [0.1, 0.15) is 16.3 Å². The molecular weight excluding hydrogens is 393 g/mol. The lowest BCUT2D eigenvalue weighted by Crippen LogP contribution is -2.04. The number of anilines is 1. The summed E-state index contributed by atoms with van der Waals surface area (Å²) in [5, 5.41) is 4.50. The van der Waals surface area contributed by atoms with Gasteiger partial charge in [0.15, 0.2) is 4.96 Å². The molecule has 0 spiro atoms. The molecule has 1 aromatic carbocycles. The molecule has 3 nitrogen and oxygen atoms in total. The van der Waals surface area contributed by atoms with Crippen molar-refractivity contribution in [2.24, 2.45) is 0 Å². The van der Waals surface area contributed by atoms with Crippen LogP contribution in [0, 0.1) is 13.8 Å². The molecule has 0 atom stereocenters. The van der Waals surface area contributed by atoms with E-state index >= 15 is 0 Å². The van der Waals surface area contributed by atoms with Crippen molar-refractivity contribution >= 4 is 61.1 Å². The first-order valence-electron chi connectivity index (χ1n) is 6.28. The largest absolute Gasteiger partial charge is 0.377 e. The molecule has 0 saturated carbocycles. The highest BCUT2D eigenvalue weighted by molar-refractivity contribution is 9.10. The summed E-state index contributed by atoms with van der Waals surface area (Å²) in [6.45, 7) is 4.70. The monoisotopic (exact) mass is 403 g/mol. The van der Waals surface area contributed by atoms with Gasteiger partial charge in [-0.05, 0) is 26.0 Å². The molecule has 2 aromatic heterocycles. The van der Waals surface area contributed by atoms with E-state index in [1.54, 1.807) is 11.3 Å². The van der Waals surface area contributed by atoms with Crippen molar-refractivity contribution in [2.75, 3.05) is 5.32 Å². The van der Waals surface area contributed by atoms with Gasteiger partial charge in [0.2, 0.25) is 0 Å². The van der Waals surface area contributed by atoms with E-state index in [1.807, 2.05) is 19.1 Å². The predicted octanol–water partition coefficient (Wildman–Crippen LogP) is 5.69. The molecule has 3 rings (SSSR count). The van der Waals surface area contributed by atoms with Crippen LogP contribution < -0.4 is 5.32 Å². The van der Waals surface area contributed by atoms with Gasteiger partial charge in [0, 0.05) is 15.5 Å². The van der Waals surface area contributed by atoms with Gasteiger partial charge in [0.05, 0.1) is 33.7 Å². The molecule has 0 amide bonds. The number of nitrogens with one attached hydrogen (secondary N) is 1. The van der Waals surface area contributed by atoms with Crippen LogP contribution in [-0.4, -0.2) is 9.38 Å². The highest BCUT2D eigenvalue weighted by Gasteiger charge is 2.13. The number of aryl methyl sites for hydroxylation is 2. The molecule has 1 N–H and O–H groups in total. The molecule has 21 heavy (non-hydrogen) atoms. The molecule has 0 unspecified atom stereocenters. The molecule has 0 aliphatic heterocycles. The average molecular weight is 405 g/mol. The normalized spacial score (nSPS) is 11.3. The third-order valence-corrected chi connectivity index (χ3v) is 5.13. The quantitative estimate of drug-likeness (QED) is 0.607. The van der Waals surface area contributed by atoms with E-state index < -0.39 is 0 Å². The second-order valence-corrected chi connectivity index (χ2v) is 7.68. The summed E-state index contributed by atoms with van der Waals surface area (Å²) in [5.74, 6) is 0. The van der Waals surface area contributed by atoms with E-state index in [9.17, 15) is 0 Å². The van der Waals surface area contributed by atoms with Crippen molar-refractivity contribution in [3.63, 3.8) is 0 Å². The fraction of sp³-hybridized carbons (Fsp3) is 0.214. The Hall–Kier alpha value is -0.750. The highest BCUT2D eigenvalue weighted by Crippen LogP contribution is 2.34. The lowest BCUT2D eigenvalue weighted by Gasteiger charge is -2.11. The minimum absolute atomic E-state index is 0.592. The molecule has 0 aliphatic rings. The molecule has 110 valence electrons. The fourth-order valence-corrected chi connectivity index (χ4v) is 4.44. The molecule has 0 radical (unpaired) electrons. The zero-order chi connectivity index (χ0) is 15.1. The van der Waals surface area contributed by atoms with Gasteiger partial charge < -0.3 is 5.32 Å². The van der Waals surface area contributed by atoms with E-state index in [4.69, 9.17) is 23.2 Å². The van der Waals surface area contributed by atoms with E-state index in [1.165, 1.54) is 4.88 Å². The molecule has 3 aromatic rings. The Labute approximate surface area is 145 Å². The van der Waals surface area contributed by atoms with Crippen LogP contribution in [0.4, 0.5) is 5.69 Å². The van der Waals surface area contributed by atoms with Gasteiger partial charge in [-0.25, -0.2) is 4.98 Å². The highest BCUT2D eigenvalue weighted by atomic mass is 79.9. The number of halogens is 3. The summed E-state index contributed by atoms with van der Waals surface area (Å²) >= 11 is 17.5. The minimum atomic E-state index is 0.592. The standard InChI is InChI=1S/C14H12BrCl2N3S/c1-7-6-20-12(8(2)19-14(20)21-7)5-18-13-10(16)3-9(15)4-11(13)17/h3-4,6,18H,5H2,1-2H3. The number of thiazole rings is 1. The maximum atomic E-state index is 6.24. The summed E-state index contributed by atoms with van der Waals surface area (Å²) in [6.07, 6.45) is 2.10. The Morgan fingerprint density at radius 1 is 1.29 bits per heavy atom. The van der Waals surface area contributed by atoms with Crippen LogP contribution in [0.15, 0.2) is 22.8 Å². The van der Waals surface area contributed by atoms with Crippen LogP contribution in [0.25, 0.3) is 4.96 Å². The van der Waals surface area contributed by atoms with Crippen molar-refractivity contribution in [1.82, 2.24) is 9.38 Å². The van der Waals surface area contributed by atoms with E-state index in [0.717, 1.165) is 26.5 Å². The van der Waals surface area contributed by atoms with E-state index in [0.29, 0.717) is 16.6 Å². The fourth-order valence-electron chi connectivity index (χ4n) is 2.21. The molecule has 0 fully saturated rings. The van der Waals surface area contributed by atoms with Crippen molar-refractivity contribution < 1.29 is 0 Å². The number of fused-ring (bicyclic) bond motifs is 1. The van der Waals surface area contributed by atoms with Crippen molar-refractivity contribution in [2.45, 2.75) is 20.4 Å². The summed E-state index contributed by atoms with van der Waals surface area (Å²) in [6, 6.07) is 3.65. The number of imidazole rings is 1. The third-order valence-electron chi connectivity index (χ3n) is 3.18. The Kier molecular flexibility index (Phi) is 4.19. The zero-order valence-electron chi connectivity index (χ0n) is 11.4. The summed E-state index contributed by atoms with van der Waals surface area (Å²) < 4.78 is 2.97. The lowest BCUT2D eigenvalue weighted by atomic mass is 10.3. The number of hydrogen-bond donors (Lipinski definition) is 1. The number of nitrogens with zero attached hydrogens (tertiary/aromatic N) is 2. The smallest absolute Gasteiger partial charge is 0.194 e. The molecule has 0 bridgehead atoms. The Bertz CT molecular complexity index is 802. The summed E-state index contributed by atoms with van der Waals surface area (Å²) in [5.41, 5.74) is 2.87. The molecule has 0 saturated heterocycles. The lowest BCUT2D eigenvalue weighted by molar-refractivity contribution is 0.991. The molecule has 0 aliphatic carbocycles. The number of benzene rings is 1. The van der Waals surface area contributed by atoms with Crippen LogP contribution in [0.3, 0.4) is 0 Å². The van der Waals surface area contributed by atoms with Crippen molar-refractivity contribution in [3.8, 4) is 0 Å². The van der Waals surface area contributed by atoms with E-state index in [-0.39, 0.29) is 0 Å². The van der Waals surface area contributed by atoms with Gasteiger partial charge in [-0.3, -0.25) is 4.40 Å². The van der Waals surface area contributed by atoms with Gasteiger partial charge in [0.25, 0.3) is 0 Å². The average Bonchev–Trinajstić information content (AvgIpc) is 2.84. The van der Waals surface area contributed by atoms with Crippen molar-refractivity contribution in [3.05, 3.63) is 49.1 Å². The topological polar surface area (TPSA) is 29.3 Å². The second kappa shape index (κ2) is 5.80. The van der Waals surface area contributed by atoms with Crippen LogP contribution in [0.2, 0.25) is 10.0 Å². The van der Waals surface area contributed by atoms with E-state index in [2.05, 4.69) is 43.8 Å². The van der Waals surface area contributed by atoms with Gasteiger partial charge in [-0.2, -0.15) is 0 Å². The number of hydrogen-bond acceptors (Lipinski definition) is 3. The SMILES string of the molecule is Cc1cn2c(CNc3c(Cl)cc(Br)cc3Cl)c(C)nc2s1. The number of aromatic nitrogens is 2.